The highest BCUT2D eigenvalue weighted by Gasteiger charge is 2.04. The number of hydrogen-bond acceptors (Lipinski definition) is 3. The second kappa shape index (κ2) is 4.71. The largest absolute Gasteiger partial charge is 0.325 e. The minimum atomic E-state index is 0.772. The Balaban J connectivity index is 1.93. The molecule has 0 radical (unpaired) electrons. The first-order valence-corrected chi connectivity index (χ1v) is 5.69. The summed E-state index contributed by atoms with van der Waals surface area (Å²) in [6, 6.07) is 13.9. The molecule has 0 aliphatic carbocycles. The molecule has 0 aliphatic rings. The van der Waals surface area contributed by atoms with Gasteiger partial charge in [-0.1, -0.05) is 18.2 Å². The van der Waals surface area contributed by atoms with Crippen molar-refractivity contribution in [3.8, 4) is 5.69 Å². The number of anilines is 2. The molecule has 0 unspecified atom stereocenters. The molecule has 0 saturated heterocycles. The lowest BCUT2D eigenvalue weighted by atomic mass is 10.3. The fourth-order valence-corrected chi connectivity index (χ4v) is 1.75. The van der Waals surface area contributed by atoms with E-state index in [0.717, 1.165) is 17.3 Å². The Hall–Kier alpha value is -2.62. The number of benzene rings is 1. The first-order valence-electron chi connectivity index (χ1n) is 5.69. The standard InChI is InChI=1S/C14H12N4/c1-2-5-12(6-3-1)17-14-16-9-10-18(14)13-7-4-8-15-11-13/h1-11H,(H,16,17). The van der Waals surface area contributed by atoms with Gasteiger partial charge in [0.15, 0.2) is 0 Å². The Morgan fingerprint density at radius 2 is 1.83 bits per heavy atom. The average Bonchev–Trinajstić information content (AvgIpc) is 2.89. The van der Waals surface area contributed by atoms with E-state index in [9.17, 15) is 0 Å². The Kier molecular flexibility index (Phi) is 2.75. The monoisotopic (exact) mass is 236 g/mol. The topological polar surface area (TPSA) is 42.7 Å². The fourth-order valence-electron chi connectivity index (χ4n) is 1.75. The van der Waals surface area contributed by atoms with Crippen LogP contribution in [-0.4, -0.2) is 14.5 Å². The summed E-state index contributed by atoms with van der Waals surface area (Å²) in [5.41, 5.74) is 1.99. The molecule has 4 heteroatoms. The molecule has 18 heavy (non-hydrogen) atoms. The number of rotatable bonds is 3. The Morgan fingerprint density at radius 1 is 0.944 bits per heavy atom. The van der Waals surface area contributed by atoms with Gasteiger partial charge >= 0.3 is 0 Å². The van der Waals surface area contributed by atoms with E-state index >= 15 is 0 Å². The van der Waals surface area contributed by atoms with Crippen molar-refractivity contribution in [2.45, 2.75) is 0 Å². The zero-order valence-electron chi connectivity index (χ0n) is 9.69. The van der Waals surface area contributed by atoms with E-state index in [-0.39, 0.29) is 0 Å². The van der Waals surface area contributed by atoms with Gasteiger partial charge in [-0.05, 0) is 24.3 Å². The molecule has 1 aromatic carbocycles. The molecule has 0 bridgehead atoms. The number of para-hydroxylation sites is 1. The number of pyridine rings is 1. The van der Waals surface area contributed by atoms with E-state index in [0.29, 0.717) is 0 Å². The highest BCUT2D eigenvalue weighted by molar-refractivity contribution is 5.55. The van der Waals surface area contributed by atoms with Crippen molar-refractivity contribution in [1.82, 2.24) is 14.5 Å². The van der Waals surface area contributed by atoms with Crippen LogP contribution < -0.4 is 5.32 Å². The summed E-state index contributed by atoms with van der Waals surface area (Å²) in [5, 5.41) is 3.28. The number of imidazole rings is 1. The lowest BCUT2D eigenvalue weighted by Gasteiger charge is -2.09. The molecule has 0 fully saturated rings. The predicted molar refractivity (Wildman–Crippen MR) is 71.1 cm³/mol. The average molecular weight is 236 g/mol. The van der Waals surface area contributed by atoms with Crippen molar-refractivity contribution >= 4 is 11.6 Å². The minimum Gasteiger partial charge on any atom is -0.325 e. The molecule has 4 nitrogen and oxygen atoms in total. The summed E-state index contributed by atoms with van der Waals surface area (Å²) in [6.07, 6.45) is 7.23. The van der Waals surface area contributed by atoms with Crippen LogP contribution in [0, 0.1) is 0 Å². The van der Waals surface area contributed by atoms with Gasteiger partial charge < -0.3 is 5.32 Å². The molecule has 88 valence electrons. The fraction of sp³-hybridized carbons (Fsp3) is 0. The number of aromatic nitrogens is 3. The maximum atomic E-state index is 4.31. The molecule has 2 aromatic heterocycles. The molecule has 0 spiro atoms. The minimum absolute atomic E-state index is 0.772. The van der Waals surface area contributed by atoms with Gasteiger partial charge in [-0.25, -0.2) is 4.98 Å². The summed E-state index contributed by atoms with van der Waals surface area (Å²) in [7, 11) is 0. The number of nitrogens with one attached hydrogen (secondary N) is 1. The van der Waals surface area contributed by atoms with E-state index in [1.54, 1.807) is 18.6 Å². The molecule has 0 atom stereocenters. The van der Waals surface area contributed by atoms with Crippen LogP contribution in [0.3, 0.4) is 0 Å². The van der Waals surface area contributed by atoms with Crippen molar-refractivity contribution in [1.29, 1.82) is 0 Å². The number of hydrogen-bond donors (Lipinski definition) is 1. The molecule has 0 amide bonds. The van der Waals surface area contributed by atoms with Gasteiger partial charge in [0.25, 0.3) is 0 Å². The highest BCUT2D eigenvalue weighted by atomic mass is 15.2. The van der Waals surface area contributed by atoms with Gasteiger partial charge in [0, 0.05) is 24.3 Å². The first-order chi connectivity index (χ1) is 8.93. The van der Waals surface area contributed by atoms with Gasteiger partial charge in [0.1, 0.15) is 0 Å². The second-order valence-corrected chi connectivity index (χ2v) is 3.82. The van der Waals surface area contributed by atoms with Crippen LogP contribution in [0.1, 0.15) is 0 Å². The van der Waals surface area contributed by atoms with Crippen molar-refractivity contribution in [2.75, 3.05) is 5.32 Å². The summed E-state index contributed by atoms with van der Waals surface area (Å²) >= 11 is 0. The van der Waals surface area contributed by atoms with E-state index < -0.39 is 0 Å². The Morgan fingerprint density at radius 3 is 2.61 bits per heavy atom. The Labute approximate surface area is 105 Å². The lowest BCUT2D eigenvalue weighted by molar-refractivity contribution is 1.05. The van der Waals surface area contributed by atoms with E-state index in [4.69, 9.17) is 0 Å². The zero-order chi connectivity index (χ0) is 12.2. The van der Waals surface area contributed by atoms with Crippen molar-refractivity contribution in [2.24, 2.45) is 0 Å². The maximum absolute atomic E-state index is 4.31. The van der Waals surface area contributed by atoms with Gasteiger partial charge in [0.2, 0.25) is 5.95 Å². The third kappa shape index (κ3) is 2.08. The van der Waals surface area contributed by atoms with Gasteiger partial charge in [-0.2, -0.15) is 0 Å². The predicted octanol–water partition coefficient (Wildman–Crippen LogP) is 3.01. The highest BCUT2D eigenvalue weighted by Crippen LogP contribution is 2.17. The van der Waals surface area contributed by atoms with E-state index in [1.165, 1.54) is 0 Å². The van der Waals surface area contributed by atoms with Crippen molar-refractivity contribution in [3.63, 3.8) is 0 Å². The van der Waals surface area contributed by atoms with Crippen LogP contribution in [0.25, 0.3) is 5.69 Å². The molecule has 0 saturated carbocycles. The summed E-state index contributed by atoms with van der Waals surface area (Å²) in [6.45, 7) is 0. The molecule has 0 aliphatic heterocycles. The van der Waals surface area contributed by atoms with E-state index in [2.05, 4.69) is 15.3 Å². The quantitative estimate of drug-likeness (QED) is 0.760. The van der Waals surface area contributed by atoms with Crippen LogP contribution in [0.2, 0.25) is 0 Å². The molecule has 3 aromatic rings. The molecular formula is C14H12N4. The van der Waals surface area contributed by atoms with Crippen molar-refractivity contribution < 1.29 is 0 Å². The summed E-state index contributed by atoms with van der Waals surface area (Å²) in [5.74, 6) is 0.772. The normalized spacial score (nSPS) is 10.2. The summed E-state index contributed by atoms with van der Waals surface area (Å²) in [4.78, 5) is 8.42. The van der Waals surface area contributed by atoms with Crippen LogP contribution in [0.4, 0.5) is 11.6 Å². The molecule has 2 heterocycles. The third-order valence-corrected chi connectivity index (χ3v) is 2.59. The van der Waals surface area contributed by atoms with E-state index in [1.807, 2.05) is 53.2 Å². The molecular weight excluding hydrogens is 224 g/mol. The lowest BCUT2D eigenvalue weighted by Crippen LogP contribution is -2.01. The van der Waals surface area contributed by atoms with Crippen molar-refractivity contribution in [3.05, 3.63) is 67.3 Å². The van der Waals surface area contributed by atoms with Gasteiger partial charge in [-0.15, -0.1) is 0 Å². The van der Waals surface area contributed by atoms with Gasteiger partial charge in [0.05, 0.1) is 11.9 Å². The van der Waals surface area contributed by atoms with Gasteiger partial charge in [-0.3, -0.25) is 9.55 Å². The third-order valence-electron chi connectivity index (χ3n) is 2.59. The van der Waals surface area contributed by atoms with Crippen LogP contribution in [0.15, 0.2) is 67.3 Å². The SMILES string of the molecule is c1ccc(Nc2nccn2-c2cccnc2)cc1. The van der Waals surface area contributed by atoms with Crippen LogP contribution in [-0.2, 0) is 0 Å². The molecule has 3 rings (SSSR count). The maximum Gasteiger partial charge on any atom is 0.212 e. The number of nitrogens with zero attached hydrogens (tertiary/aromatic N) is 3. The zero-order valence-corrected chi connectivity index (χ0v) is 9.69. The van der Waals surface area contributed by atoms with Crippen LogP contribution in [0.5, 0.6) is 0 Å². The first kappa shape index (κ1) is 10.5. The smallest absolute Gasteiger partial charge is 0.212 e. The second-order valence-electron chi connectivity index (χ2n) is 3.82. The molecule has 1 N–H and O–H groups in total. The Bertz CT molecular complexity index is 617. The van der Waals surface area contributed by atoms with Crippen LogP contribution >= 0.6 is 0 Å². The summed E-state index contributed by atoms with van der Waals surface area (Å²) < 4.78 is 1.96.